The van der Waals surface area contributed by atoms with Gasteiger partial charge in [-0.3, -0.25) is 0 Å². The fraction of sp³-hybridized carbons (Fsp3) is 0.444. The standard InChI is InChI=1S/C9H11NO/c1-7-4-5-10(11)9(6-7)8-2-3-8/h4-6,8H,2-3H2,1H3. The molecular weight excluding hydrogens is 138 g/mol. The zero-order chi connectivity index (χ0) is 7.84. The zero-order valence-corrected chi connectivity index (χ0v) is 6.58. The maximum atomic E-state index is 11.2. The van der Waals surface area contributed by atoms with Crippen molar-refractivity contribution in [1.82, 2.24) is 0 Å². The minimum absolute atomic E-state index is 0.549. The van der Waals surface area contributed by atoms with E-state index in [2.05, 4.69) is 0 Å². The number of pyridine rings is 1. The fourth-order valence-electron chi connectivity index (χ4n) is 1.29. The molecule has 1 aromatic rings. The first-order chi connectivity index (χ1) is 5.27. The van der Waals surface area contributed by atoms with Gasteiger partial charge in [-0.05, 0) is 25.3 Å². The van der Waals surface area contributed by atoms with Gasteiger partial charge in [0.05, 0.1) is 0 Å². The van der Waals surface area contributed by atoms with E-state index < -0.39 is 0 Å². The molecule has 1 aromatic heterocycles. The Morgan fingerprint density at radius 3 is 2.91 bits per heavy atom. The second kappa shape index (κ2) is 2.22. The van der Waals surface area contributed by atoms with E-state index in [0.717, 1.165) is 10.4 Å². The third kappa shape index (κ3) is 1.20. The molecule has 0 unspecified atom stereocenters. The average molecular weight is 149 g/mol. The van der Waals surface area contributed by atoms with Crippen molar-refractivity contribution in [3.63, 3.8) is 0 Å². The first-order valence-electron chi connectivity index (χ1n) is 3.97. The Morgan fingerprint density at radius 2 is 2.27 bits per heavy atom. The maximum absolute atomic E-state index is 11.2. The van der Waals surface area contributed by atoms with Gasteiger partial charge < -0.3 is 5.21 Å². The van der Waals surface area contributed by atoms with Crippen LogP contribution in [0.2, 0.25) is 0 Å². The van der Waals surface area contributed by atoms with Gasteiger partial charge in [0.25, 0.3) is 0 Å². The van der Waals surface area contributed by atoms with E-state index in [1.54, 1.807) is 6.20 Å². The average Bonchev–Trinajstić information content (AvgIpc) is 2.76. The minimum atomic E-state index is 0.549. The molecule has 0 N–H and O–H groups in total. The van der Waals surface area contributed by atoms with Gasteiger partial charge in [-0.15, -0.1) is 0 Å². The molecular formula is C9H11NO. The molecule has 0 radical (unpaired) electrons. The number of nitrogens with zero attached hydrogens (tertiary/aromatic N) is 1. The molecule has 1 heterocycles. The van der Waals surface area contributed by atoms with Crippen molar-refractivity contribution in [3.8, 4) is 0 Å². The third-order valence-electron chi connectivity index (χ3n) is 2.10. The maximum Gasteiger partial charge on any atom is 0.196 e. The zero-order valence-electron chi connectivity index (χ0n) is 6.58. The van der Waals surface area contributed by atoms with Gasteiger partial charge in [0, 0.05) is 18.1 Å². The molecule has 11 heavy (non-hydrogen) atoms. The van der Waals surface area contributed by atoms with Crippen LogP contribution in [-0.4, -0.2) is 0 Å². The summed E-state index contributed by atoms with van der Waals surface area (Å²) in [5, 5.41) is 11.2. The molecule has 1 aliphatic rings. The van der Waals surface area contributed by atoms with Crippen molar-refractivity contribution >= 4 is 0 Å². The topological polar surface area (TPSA) is 26.9 Å². The number of rotatable bonds is 1. The van der Waals surface area contributed by atoms with E-state index in [1.165, 1.54) is 18.4 Å². The Labute approximate surface area is 66.1 Å². The predicted octanol–water partition coefficient (Wildman–Crippen LogP) is 1.51. The molecule has 0 aliphatic heterocycles. The highest BCUT2D eigenvalue weighted by Gasteiger charge is 2.30. The van der Waals surface area contributed by atoms with Gasteiger partial charge in [-0.25, -0.2) is 0 Å². The lowest BCUT2D eigenvalue weighted by Crippen LogP contribution is -2.30. The first-order valence-corrected chi connectivity index (χ1v) is 3.97. The van der Waals surface area contributed by atoms with E-state index in [1.807, 2.05) is 19.1 Å². The lowest BCUT2D eigenvalue weighted by Gasteiger charge is -2.02. The monoisotopic (exact) mass is 149 g/mol. The van der Waals surface area contributed by atoms with Crippen LogP contribution in [0.4, 0.5) is 0 Å². The molecule has 0 saturated heterocycles. The minimum Gasteiger partial charge on any atom is -0.618 e. The summed E-state index contributed by atoms with van der Waals surface area (Å²) < 4.78 is 0.991. The number of hydrogen-bond donors (Lipinski definition) is 0. The van der Waals surface area contributed by atoms with Crippen molar-refractivity contribution in [1.29, 1.82) is 0 Å². The lowest BCUT2D eigenvalue weighted by atomic mass is 10.2. The molecule has 2 heteroatoms. The normalized spacial score (nSPS) is 16.8. The van der Waals surface area contributed by atoms with Crippen LogP contribution in [-0.2, 0) is 0 Å². The van der Waals surface area contributed by atoms with Crippen LogP contribution >= 0.6 is 0 Å². The fourth-order valence-corrected chi connectivity index (χ4v) is 1.29. The van der Waals surface area contributed by atoms with Crippen LogP contribution < -0.4 is 4.73 Å². The highest BCUT2D eigenvalue weighted by atomic mass is 16.5. The third-order valence-corrected chi connectivity index (χ3v) is 2.10. The summed E-state index contributed by atoms with van der Waals surface area (Å²) in [5.41, 5.74) is 2.13. The molecule has 1 aliphatic carbocycles. The van der Waals surface area contributed by atoms with Crippen LogP contribution in [0.1, 0.15) is 30.0 Å². The number of aromatic nitrogens is 1. The SMILES string of the molecule is Cc1cc[n+]([O-])c(C2CC2)c1. The molecule has 0 bridgehead atoms. The predicted molar refractivity (Wildman–Crippen MR) is 42.1 cm³/mol. The second-order valence-electron chi connectivity index (χ2n) is 3.23. The molecule has 58 valence electrons. The Bertz CT molecular complexity index is 279. The van der Waals surface area contributed by atoms with Gasteiger partial charge in [0.2, 0.25) is 0 Å². The van der Waals surface area contributed by atoms with Crippen molar-refractivity contribution < 1.29 is 4.73 Å². The quantitative estimate of drug-likeness (QED) is 0.439. The van der Waals surface area contributed by atoms with Crippen LogP contribution in [0.15, 0.2) is 18.3 Å². The van der Waals surface area contributed by atoms with Crippen LogP contribution in [0.5, 0.6) is 0 Å². The van der Waals surface area contributed by atoms with Crippen molar-refractivity contribution in [2.24, 2.45) is 0 Å². The first kappa shape index (κ1) is 6.65. The smallest absolute Gasteiger partial charge is 0.196 e. The highest BCUT2D eigenvalue weighted by Crippen LogP contribution is 2.38. The molecule has 0 atom stereocenters. The largest absolute Gasteiger partial charge is 0.618 e. The van der Waals surface area contributed by atoms with E-state index in [9.17, 15) is 5.21 Å². The van der Waals surface area contributed by atoms with Gasteiger partial charge in [-0.1, -0.05) is 0 Å². The number of aryl methyl sites for hydroxylation is 1. The molecule has 1 saturated carbocycles. The molecule has 0 amide bonds. The Kier molecular flexibility index (Phi) is 1.34. The van der Waals surface area contributed by atoms with Crippen molar-refractivity contribution in [3.05, 3.63) is 34.8 Å². The molecule has 1 fully saturated rings. The van der Waals surface area contributed by atoms with E-state index >= 15 is 0 Å². The summed E-state index contributed by atoms with van der Waals surface area (Å²) >= 11 is 0. The Balaban J connectivity index is 2.42. The van der Waals surface area contributed by atoms with Crippen molar-refractivity contribution in [2.75, 3.05) is 0 Å². The van der Waals surface area contributed by atoms with Crippen LogP contribution in [0, 0.1) is 12.1 Å². The summed E-state index contributed by atoms with van der Waals surface area (Å²) in [6.07, 6.45) is 3.97. The molecule has 0 aromatic carbocycles. The van der Waals surface area contributed by atoms with Gasteiger partial charge >= 0.3 is 0 Å². The molecule has 2 nitrogen and oxygen atoms in total. The molecule has 2 rings (SSSR count). The van der Waals surface area contributed by atoms with Gasteiger partial charge in [0.15, 0.2) is 11.9 Å². The van der Waals surface area contributed by atoms with Crippen molar-refractivity contribution in [2.45, 2.75) is 25.7 Å². The van der Waals surface area contributed by atoms with E-state index in [-0.39, 0.29) is 0 Å². The summed E-state index contributed by atoms with van der Waals surface area (Å²) in [5.74, 6) is 0.549. The van der Waals surface area contributed by atoms with Gasteiger partial charge in [0.1, 0.15) is 0 Å². The van der Waals surface area contributed by atoms with Crippen LogP contribution in [0.25, 0.3) is 0 Å². The summed E-state index contributed by atoms with van der Waals surface area (Å²) in [7, 11) is 0. The Morgan fingerprint density at radius 1 is 1.55 bits per heavy atom. The van der Waals surface area contributed by atoms with Gasteiger partial charge in [-0.2, -0.15) is 4.73 Å². The van der Waals surface area contributed by atoms with Crippen LogP contribution in [0.3, 0.4) is 0 Å². The highest BCUT2D eigenvalue weighted by molar-refractivity contribution is 5.16. The number of hydrogen-bond acceptors (Lipinski definition) is 1. The summed E-state index contributed by atoms with van der Waals surface area (Å²) in [4.78, 5) is 0. The Hall–Kier alpha value is -1.05. The summed E-state index contributed by atoms with van der Waals surface area (Å²) in [6, 6.07) is 3.84. The molecule has 0 spiro atoms. The van der Waals surface area contributed by atoms with E-state index in [0.29, 0.717) is 5.92 Å². The summed E-state index contributed by atoms with van der Waals surface area (Å²) in [6.45, 7) is 2.02. The lowest BCUT2D eigenvalue weighted by molar-refractivity contribution is -0.614. The second-order valence-corrected chi connectivity index (χ2v) is 3.23. The van der Waals surface area contributed by atoms with E-state index in [4.69, 9.17) is 0 Å².